The second-order valence-corrected chi connectivity index (χ2v) is 8.22. The molecule has 0 saturated heterocycles. The summed E-state index contributed by atoms with van der Waals surface area (Å²) in [6.45, 7) is 1.44. The Bertz CT molecular complexity index is 880. The lowest BCUT2D eigenvalue weighted by Crippen LogP contribution is -2.39. The van der Waals surface area contributed by atoms with Gasteiger partial charge in [-0.05, 0) is 36.2 Å². The number of sulfonamides is 1. The van der Waals surface area contributed by atoms with Crippen LogP contribution in [0.1, 0.15) is 11.1 Å². The maximum atomic E-state index is 12.1. The largest absolute Gasteiger partial charge is 0.271 e. The van der Waals surface area contributed by atoms with Crippen molar-refractivity contribution in [2.75, 3.05) is 17.1 Å². The first-order valence-corrected chi connectivity index (χ1v) is 10.0. The Morgan fingerprint density at radius 1 is 1.20 bits per heavy atom. The summed E-state index contributed by atoms with van der Waals surface area (Å²) < 4.78 is 26.1. The second-order valence-electron chi connectivity index (χ2n) is 5.40. The maximum absolute atomic E-state index is 12.1. The number of benzene rings is 2. The van der Waals surface area contributed by atoms with Crippen LogP contribution in [0.15, 0.2) is 58.1 Å². The Morgan fingerprint density at radius 3 is 2.44 bits per heavy atom. The molecule has 0 saturated carbocycles. The van der Waals surface area contributed by atoms with Gasteiger partial charge in [-0.15, -0.1) is 0 Å². The third-order valence-electron chi connectivity index (χ3n) is 3.34. The van der Waals surface area contributed by atoms with E-state index >= 15 is 0 Å². The monoisotopic (exact) mass is 423 g/mol. The van der Waals surface area contributed by atoms with E-state index in [4.69, 9.17) is 0 Å². The number of hydrogen-bond donors (Lipinski definition) is 1. The number of carbonyl (C=O) groups excluding carboxylic acids is 1. The van der Waals surface area contributed by atoms with Crippen LogP contribution in [-0.2, 0) is 14.8 Å². The van der Waals surface area contributed by atoms with E-state index in [9.17, 15) is 13.2 Å². The van der Waals surface area contributed by atoms with Crippen LogP contribution in [0, 0.1) is 6.92 Å². The van der Waals surface area contributed by atoms with Crippen LogP contribution in [0.4, 0.5) is 5.69 Å². The number of aryl methyl sites for hydroxylation is 1. The van der Waals surface area contributed by atoms with Crippen molar-refractivity contribution in [3.8, 4) is 0 Å². The fourth-order valence-electron chi connectivity index (χ4n) is 2.12. The standard InChI is InChI=1S/C17H18BrN3O3S/c1-13-5-3-4-6-16(13)21(25(2,23)24)12-17(22)20-19-11-14-7-9-15(18)10-8-14/h3-11H,12H2,1-2H3,(H,20,22)/b19-11-. The summed E-state index contributed by atoms with van der Waals surface area (Å²) in [4.78, 5) is 12.1. The van der Waals surface area contributed by atoms with Crippen molar-refractivity contribution in [3.63, 3.8) is 0 Å². The van der Waals surface area contributed by atoms with E-state index in [0.717, 1.165) is 26.2 Å². The van der Waals surface area contributed by atoms with E-state index in [1.165, 1.54) is 6.21 Å². The molecule has 0 unspecified atom stereocenters. The summed E-state index contributed by atoms with van der Waals surface area (Å²) >= 11 is 3.33. The third kappa shape index (κ3) is 5.68. The molecule has 0 bridgehead atoms. The van der Waals surface area contributed by atoms with Crippen LogP contribution < -0.4 is 9.73 Å². The van der Waals surface area contributed by atoms with Crippen LogP contribution in [0.2, 0.25) is 0 Å². The predicted octanol–water partition coefficient (Wildman–Crippen LogP) is 2.67. The summed E-state index contributed by atoms with van der Waals surface area (Å²) in [5.74, 6) is -0.526. The van der Waals surface area contributed by atoms with Crippen molar-refractivity contribution >= 4 is 43.8 Å². The van der Waals surface area contributed by atoms with Crippen molar-refractivity contribution in [1.82, 2.24) is 5.43 Å². The van der Waals surface area contributed by atoms with Gasteiger partial charge in [0, 0.05) is 4.47 Å². The van der Waals surface area contributed by atoms with Crippen molar-refractivity contribution in [2.45, 2.75) is 6.92 Å². The molecule has 0 fully saturated rings. The summed E-state index contributed by atoms with van der Waals surface area (Å²) in [6, 6.07) is 14.4. The highest BCUT2D eigenvalue weighted by atomic mass is 79.9. The van der Waals surface area contributed by atoms with Crippen LogP contribution in [0.5, 0.6) is 0 Å². The number of para-hydroxylation sites is 1. The zero-order chi connectivity index (χ0) is 18.4. The first kappa shape index (κ1) is 19.1. The highest BCUT2D eigenvalue weighted by Crippen LogP contribution is 2.21. The lowest BCUT2D eigenvalue weighted by Gasteiger charge is -2.23. The molecular formula is C17H18BrN3O3S. The molecule has 0 radical (unpaired) electrons. The zero-order valence-electron chi connectivity index (χ0n) is 13.8. The lowest BCUT2D eigenvalue weighted by atomic mass is 10.2. The Morgan fingerprint density at radius 2 is 1.84 bits per heavy atom. The molecule has 2 rings (SSSR count). The average Bonchev–Trinajstić information content (AvgIpc) is 2.54. The highest BCUT2D eigenvalue weighted by Gasteiger charge is 2.21. The molecule has 0 aliphatic rings. The summed E-state index contributed by atoms with van der Waals surface area (Å²) in [5.41, 5.74) is 4.39. The van der Waals surface area contributed by atoms with E-state index in [1.54, 1.807) is 25.1 Å². The van der Waals surface area contributed by atoms with E-state index in [0.29, 0.717) is 5.69 Å². The number of anilines is 1. The van der Waals surface area contributed by atoms with Crippen LogP contribution >= 0.6 is 15.9 Å². The fourth-order valence-corrected chi connectivity index (χ4v) is 3.30. The molecule has 2 aromatic carbocycles. The summed E-state index contributed by atoms with van der Waals surface area (Å²) in [7, 11) is -3.60. The van der Waals surface area contributed by atoms with Gasteiger partial charge < -0.3 is 0 Å². The molecule has 1 amide bonds. The molecule has 0 atom stereocenters. The third-order valence-corrected chi connectivity index (χ3v) is 5.00. The van der Waals surface area contributed by atoms with E-state index in [-0.39, 0.29) is 6.54 Å². The second kappa shape index (κ2) is 8.26. The molecule has 8 heteroatoms. The van der Waals surface area contributed by atoms with Gasteiger partial charge in [-0.1, -0.05) is 46.3 Å². The van der Waals surface area contributed by atoms with Gasteiger partial charge in [0.1, 0.15) is 6.54 Å². The molecule has 0 heterocycles. The van der Waals surface area contributed by atoms with Crippen molar-refractivity contribution in [1.29, 1.82) is 0 Å². The number of hydrazone groups is 1. The number of nitrogens with one attached hydrogen (secondary N) is 1. The molecule has 0 aromatic heterocycles. The molecule has 0 spiro atoms. The number of halogens is 1. The summed E-state index contributed by atoms with van der Waals surface area (Å²) in [6.07, 6.45) is 2.56. The zero-order valence-corrected chi connectivity index (χ0v) is 16.2. The quantitative estimate of drug-likeness (QED) is 0.572. The molecule has 0 aliphatic heterocycles. The minimum Gasteiger partial charge on any atom is -0.271 e. The molecular weight excluding hydrogens is 406 g/mol. The molecule has 6 nitrogen and oxygen atoms in total. The van der Waals surface area contributed by atoms with Crippen molar-refractivity contribution in [3.05, 3.63) is 64.1 Å². The molecule has 25 heavy (non-hydrogen) atoms. The van der Waals surface area contributed by atoms with Gasteiger partial charge in [0.2, 0.25) is 10.0 Å². The Kier molecular flexibility index (Phi) is 6.33. The molecule has 1 N–H and O–H groups in total. The van der Waals surface area contributed by atoms with Crippen molar-refractivity contribution in [2.24, 2.45) is 5.10 Å². The lowest BCUT2D eigenvalue weighted by molar-refractivity contribution is -0.119. The number of carbonyl (C=O) groups is 1. The minimum atomic E-state index is -3.60. The van der Waals surface area contributed by atoms with Crippen LogP contribution in [0.25, 0.3) is 0 Å². The van der Waals surface area contributed by atoms with Gasteiger partial charge in [0.25, 0.3) is 5.91 Å². The normalized spacial score (nSPS) is 11.5. The maximum Gasteiger partial charge on any atom is 0.260 e. The SMILES string of the molecule is Cc1ccccc1N(CC(=O)N/N=C\c1ccc(Br)cc1)S(C)(=O)=O. The molecule has 2 aromatic rings. The average molecular weight is 424 g/mol. The first-order chi connectivity index (χ1) is 11.8. The number of rotatable bonds is 6. The van der Waals surface area contributed by atoms with E-state index in [2.05, 4.69) is 26.5 Å². The van der Waals surface area contributed by atoms with Gasteiger partial charge in [0.15, 0.2) is 0 Å². The predicted molar refractivity (Wildman–Crippen MR) is 103 cm³/mol. The van der Waals surface area contributed by atoms with Gasteiger partial charge in [-0.2, -0.15) is 5.10 Å². The Labute approximate surface area is 155 Å². The van der Waals surface area contributed by atoms with Crippen LogP contribution in [0.3, 0.4) is 0 Å². The van der Waals surface area contributed by atoms with Crippen LogP contribution in [-0.4, -0.2) is 33.3 Å². The van der Waals surface area contributed by atoms with E-state index in [1.807, 2.05) is 30.3 Å². The molecule has 0 aliphatic carbocycles. The smallest absolute Gasteiger partial charge is 0.260 e. The van der Waals surface area contributed by atoms with Crippen molar-refractivity contribution < 1.29 is 13.2 Å². The number of nitrogens with zero attached hydrogens (tertiary/aromatic N) is 2. The van der Waals surface area contributed by atoms with Gasteiger partial charge >= 0.3 is 0 Å². The number of amides is 1. The van der Waals surface area contributed by atoms with Gasteiger partial charge in [0.05, 0.1) is 18.2 Å². The Balaban J connectivity index is 2.08. The van der Waals surface area contributed by atoms with Gasteiger partial charge in [-0.25, -0.2) is 13.8 Å². The summed E-state index contributed by atoms with van der Waals surface area (Å²) in [5, 5.41) is 3.86. The number of hydrogen-bond acceptors (Lipinski definition) is 4. The Hall–Kier alpha value is -2.19. The highest BCUT2D eigenvalue weighted by molar-refractivity contribution is 9.10. The molecule has 132 valence electrons. The minimum absolute atomic E-state index is 0.346. The fraction of sp³-hybridized carbons (Fsp3) is 0.176. The topological polar surface area (TPSA) is 78.8 Å². The first-order valence-electron chi connectivity index (χ1n) is 7.38. The van der Waals surface area contributed by atoms with Gasteiger partial charge in [-0.3, -0.25) is 9.10 Å². The van der Waals surface area contributed by atoms with E-state index < -0.39 is 15.9 Å².